The lowest BCUT2D eigenvalue weighted by Crippen LogP contribution is -2.13. The van der Waals surface area contributed by atoms with Gasteiger partial charge in [0.1, 0.15) is 12.4 Å². The van der Waals surface area contributed by atoms with Crippen LogP contribution in [-0.4, -0.2) is 29.5 Å². The van der Waals surface area contributed by atoms with Crippen LogP contribution in [0.2, 0.25) is 0 Å². The third-order valence-electron chi connectivity index (χ3n) is 3.77. The molecule has 7 nitrogen and oxygen atoms in total. The summed E-state index contributed by atoms with van der Waals surface area (Å²) in [4.78, 5) is 12.1. The number of carbonyl (C=O) groups is 1. The summed E-state index contributed by atoms with van der Waals surface area (Å²) in [6.45, 7) is 2.78. The molecule has 0 bridgehead atoms. The summed E-state index contributed by atoms with van der Waals surface area (Å²) in [5.74, 6) is 0.767. The predicted molar refractivity (Wildman–Crippen MR) is 103 cm³/mol. The molecule has 0 aliphatic rings. The average Bonchev–Trinajstić information content (AvgIpc) is 3.07. The van der Waals surface area contributed by atoms with E-state index in [-0.39, 0.29) is 11.5 Å². The zero-order chi connectivity index (χ0) is 19.2. The molecule has 0 aliphatic heterocycles. The second-order valence-corrected chi connectivity index (χ2v) is 5.85. The largest absolute Gasteiger partial charge is 0.494 e. The second kappa shape index (κ2) is 8.50. The molecule has 0 radical (unpaired) electrons. The molecule has 0 spiro atoms. The Hall–Kier alpha value is -3.13. The number of nitrogens with zero attached hydrogens (tertiary/aromatic N) is 2. The maximum absolute atomic E-state index is 11.8. The standard InChI is InChI=1S/C19H19N3O4S/c1-3-25-14-10-8-13(9-11-14)17-21-22(19(27)26-17)12-20-16-7-5-4-6-15(16)18(23)24-2/h4-11,20H,3,12H2,1-2H3. The van der Waals surface area contributed by atoms with Crippen LogP contribution in [0.25, 0.3) is 11.5 Å². The Kier molecular flexibility index (Phi) is 5.87. The van der Waals surface area contributed by atoms with E-state index < -0.39 is 5.97 Å². The molecule has 27 heavy (non-hydrogen) atoms. The number of esters is 1. The molecule has 0 aliphatic carbocycles. The number of ether oxygens (including phenoxy) is 2. The Bertz CT molecular complexity index is 979. The van der Waals surface area contributed by atoms with Crippen LogP contribution in [0.5, 0.6) is 5.75 Å². The van der Waals surface area contributed by atoms with E-state index in [0.717, 1.165) is 11.3 Å². The minimum atomic E-state index is -0.420. The molecule has 3 rings (SSSR count). The molecule has 0 saturated heterocycles. The van der Waals surface area contributed by atoms with Crippen molar-refractivity contribution in [2.24, 2.45) is 0 Å². The number of benzene rings is 2. The summed E-state index contributed by atoms with van der Waals surface area (Å²) >= 11 is 5.24. The van der Waals surface area contributed by atoms with E-state index in [1.165, 1.54) is 11.8 Å². The Labute approximate surface area is 161 Å². The van der Waals surface area contributed by atoms with Gasteiger partial charge in [-0.2, -0.15) is 0 Å². The van der Waals surface area contributed by atoms with Crippen molar-refractivity contribution in [2.75, 3.05) is 19.0 Å². The molecule has 8 heteroatoms. The molecule has 140 valence electrons. The third-order valence-corrected chi connectivity index (χ3v) is 4.06. The van der Waals surface area contributed by atoms with Crippen LogP contribution in [0.4, 0.5) is 5.69 Å². The highest BCUT2D eigenvalue weighted by molar-refractivity contribution is 7.71. The molecule has 0 fully saturated rings. The van der Waals surface area contributed by atoms with Gasteiger partial charge in [-0.1, -0.05) is 12.1 Å². The van der Waals surface area contributed by atoms with Crippen LogP contribution in [0, 0.1) is 4.84 Å². The highest BCUT2D eigenvalue weighted by Crippen LogP contribution is 2.22. The third kappa shape index (κ3) is 4.35. The number of anilines is 1. The van der Waals surface area contributed by atoms with Gasteiger partial charge in [0.05, 0.1) is 25.0 Å². The number of rotatable bonds is 7. The maximum Gasteiger partial charge on any atom is 0.339 e. The van der Waals surface area contributed by atoms with Crippen molar-refractivity contribution in [2.45, 2.75) is 13.6 Å². The van der Waals surface area contributed by atoms with Gasteiger partial charge >= 0.3 is 5.97 Å². The summed E-state index contributed by atoms with van der Waals surface area (Å²) in [6.07, 6.45) is 0. The lowest BCUT2D eigenvalue weighted by molar-refractivity contribution is 0.0602. The molecule has 1 N–H and O–H groups in total. The zero-order valence-corrected chi connectivity index (χ0v) is 15.8. The van der Waals surface area contributed by atoms with Crippen LogP contribution in [0.15, 0.2) is 52.9 Å². The van der Waals surface area contributed by atoms with Crippen LogP contribution in [-0.2, 0) is 11.4 Å². The highest BCUT2D eigenvalue weighted by Gasteiger charge is 2.12. The van der Waals surface area contributed by atoms with Gasteiger partial charge < -0.3 is 19.2 Å². The molecule has 1 aromatic heterocycles. The zero-order valence-electron chi connectivity index (χ0n) is 15.0. The number of hydrogen-bond acceptors (Lipinski definition) is 7. The molecular weight excluding hydrogens is 366 g/mol. The monoisotopic (exact) mass is 385 g/mol. The summed E-state index contributed by atoms with van der Waals surface area (Å²) in [7, 11) is 1.34. The van der Waals surface area contributed by atoms with Crippen molar-refractivity contribution in [3.05, 3.63) is 58.9 Å². The van der Waals surface area contributed by atoms with Crippen molar-refractivity contribution in [1.82, 2.24) is 9.78 Å². The van der Waals surface area contributed by atoms with Gasteiger partial charge in [-0.3, -0.25) is 0 Å². The molecular formula is C19H19N3O4S. The maximum atomic E-state index is 11.8. The molecule has 2 aromatic carbocycles. The van der Waals surface area contributed by atoms with Gasteiger partial charge in [0.15, 0.2) is 0 Å². The smallest absolute Gasteiger partial charge is 0.339 e. The van der Waals surface area contributed by atoms with Crippen molar-refractivity contribution in [3.63, 3.8) is 0 Å². The van der Waals surface area contributed by atoms with E-state index in [0.29, 0.717) is 23.7 Å². The number of methoxy groups -OCH3 is 1. The van der Waals surface area contributed by atoms with Gasteiger partial charge in [0.25, 0.3) is 4.84 Å². The fraction of sp³-hybridized carbons (Fsp3) is 0.211. The summed E-state index contributed by atoms with van der Waals surface area (Å²) in [6, 6.07) is 14.5. The van der Waals surface area contributed by atoms with Gasteiger partial charge in [0, 0.05) is 5.56 Å². The Morgan fingerprint density at radius 3 is 2.67 bits per heavy atom. The minimum Gasteiger partial charge on any atom is -0.494 e. The molecule has 0 atom stereocenters. The van der Waals surface area contributed by atoms with Crippen molar-refractivity contribution in [1.29, 1.82) is 0 Å². The number of aromatic nitrogens is 2. The fourth-order valence-electron chi connectivity index (χ4n) is 2.47. The van der Waals surface area contributed by atoms with Crippen molar-refractivity contribution < 1.29 is 18.7 Å². The topological polar surface area (TPSA) is 78.5 Å². The van der Waals surface area contributed by atoms with Gasteiger partial charge in [-0.15, -0.1) is 5.10 Å². The second-order valence-electron chi connectivity index (χ2n) is 5.50. The summed E-state index contributed by atoms with van der Waals surface area (Å²) in [5, 5.41) is 7.52. The predicted octanol–water partition coefficient (Wildman–Crippen LogP) is 4.13. The van der Waals surface area contributed by atoms with Crippen molar-refractivity contribution >= 4 is 23.9 Å². The molecule has 0 amide bonds. The average molecular weight is 385 g/mol. The minimum absolute atomic E-state index is 0.224. The Morgan fingerprint density at radius 1 is 1.22 bits per heavy atom. The van der Waals surface area contributed by atoms with Crippen LogP contribution in [0.1, 0.15) is 17.3 Å². The molecule has 0 unspecified atom stereocenters. The summed E-state index contributed by atoms with van der Waals surface area (Å²) < 4.78 is 17.3. The van der Waals surface area contributed by atoms with E-state index in [4.69, 9.17) is 26.1 Å². The van der Waals surface area contributed by atoms with Crippen LogP contribution < -0.4 is 10.1 Å². The van der Waals surface area contributed by atoms with Crippen LogP contribution in [0.3, 0.4) is 0 Å². The number of para-hydroxylation sites is 1. The van der Waals surface area contributed by atoms with E-state index in [1.54, 1.807) is 18.2 Å². The molecule has 3 aromatic rings. The van der Waals surface area contributed by atoms with Crippen LogP contribution >= 0.6 is 12.2 Å². The first-order chi connectivity index (χ1) is 13.1. The molecule has 0 saturated carbocycles. The van der Waals surface area contributed by atoms with Gasteiger partial charge in [0.2, 0.25) is 5.89 Å². The van der Waals surface area contributed by atoms with Crippen molar-refractivity contribution in [3.8, 4) is 17.2 Å². The first-order valence-electron chi connectivity index (χ1n) is 8.34. The lowest BCUT2D eigenvalue weighted by Gasteiger charge is -2.09. The Morgan fingerprint density at radius 2 is 1.96 bits per heavy atom. The van der Waals surface area contributed by atoms with E-state index in [9.17, 15) is 4.79 Å². The number of hydrogen-bond donors (Lipinski definition) is 1. The SMILES string of the molecule is CCOc1ccc(-c2nn(CNc3ccccc3C(=O)OC)c(=S)o2)cc1. The van der Waals surface area contributed by atoms with Gasteiger partial charge in [-0.25, -0.2) is 9.48 Å². The normalized spacial score (nSPS) is 10.4. The quantitative estimate of drug-likeness (QED) is 0.484. The first kappa shape index (κ1) is 18.7. The number of nitrogens with one attached hydrogen (secondary N) is 1. The van der Waals surface area contributed by atoms with Gasteiger partial charge in [-0.05, 0) is 55.5 Å². The fourth-order valence-corrected chi connectivity index (χ4v) is 2.65. The van der Waals surface area contributed by atoms with E-state index in [2.05, 4.69) is 10.4 Å². The van der Waals surface area contributed by atoms with E-state index >= 15 is 0 Å². The lowest BCUT2D eigenvalue weighted by atomic mass is 10.2. The van der Waals surface area contributed by atoms with E-state index in [1.807, 2.05) is 37.3 Å². The Balaban J connectivity index is 1.76. The molecule has 1 heterocycles. The highest BCUT2D eigenvalue weighted by atomic mass is 32.1. The number of carbonyl (C=O) groups excluding carboxylic acids is 1. The summed E-state index contributed by atoms with van der Waals surface area (Å²) in [5.41, 5.74) is 1.84. The first-order valence-corrected chi connectivity index (χ1v) is 8.75.